The van der Waals surface area contributed by atoms with E-state index in [0.717, 1.165) is 11.1 Å². The molecule has 1 atom stereocenters. The summed E-state index contributed by atoms with van der Waals surface area (Å²) in [6, 6.07) is 8.01. The summed E-state index contributed by atoms with van der Waals surface area (Å²) in [4.78, 5) is 33.8. The van der Waals surface area contributed by atoms with Crippen molar-refractivity contribution in [1.82, 2.24) is 24.4 Å². The van der Waals surface area contributed by atoms with Crippen LogP contribution in [0.4, 0.5) is 4.39 Å². The van der Waals surface area contributed by atoms with Gasteiger partial charge < -0.3 is 9.80 Å². The van der Waals surface area contributed by atoms with Crippen molar-refractivity contribution >= 4 is 17.5 Å². The lowest BCUT2D eigenvalue weighted by atomic mass is 10.0. The van der Waals surface area contributed by atoms with Crippen molar-refractivity contribution in [2.24, 2.45) is 0 Å². The Bertz CT molecular complexity index is 1260. The molecule has 3 aromatic rings. The number of hydrogen-bond donors (Lipinski definition) is 0. The Labute approximate surface area is 198 Å². The lowest BCUT2D eigenvalue weighted by Gasteiger charge is -2.39. The van der Waals surface area contributed by atoms with Gasteiger partial charge in [0.1, 0.15) is 11.5 Å². The molecule has 1 unspecified atom stereocenters. The molecule has 0 spiro atoms. The van der Waals surface area contributed by atoms with Crippen molar-refractivity contribution in [2.75, 3.05) is 19.6 Å². The molecule has 2 aromatic heterocycles. The summed E-state index contributed by atoms with van der Waals surface area (Å²) >= 11 is 0. The lowest BCUT2D eigenvalue weighted by Crippen LogP contribution is -2.55. The number of amides is 2. The van der Waals surface area contributed by atoms with Crippen LogP contribution >= 0.6 is 0 Å². The molecule has 4 rings (SSSR count). The molecule has 3 heterocycles. The van der Waals surface area contributed by atoms with Crippen LogP contribution in [0.5, 0.6) is 0 Å². The zero-order chi connectivity index (χ0) is 24.4. The molecule has 0 saturated carbocycles. The van der Waals surface area contributed by atoms with Gasteiger partial charge in [0.25, 0.3) is 5.91 Å². The van der Waals surface area contributed by atoms with Crippen molar-refractivity contribution < 1.29 is 14.0 Å². The minimum absolute atomic E-state index is 0.0179. The van der Waals surface area contributed by atoms with Gasteiger partial charge in [-0.2, -0.15) is 5.10 Å². The Kier molecular flexibility index (Phi) is 6.64. The van der Waals surface area contributed by atoms with Crippen molar-refractivity contribution in [3.63, 3.8) is 0 Å². The van der Waals surface area contributed by atoms with Crippen molar-refractivity contribution in [3.8, 4) is 23.6 Å². The standard InChI is InChI=1S/C26H28FN5O2/c1-5-6-7-24(33)31-13-12-30(15-18(31)4)26(34)23-16-32-25(28-23)21(17(2)3)14-22(29-32)19-8-10-20(27)11-9-19/h1,8-11,14,16-18H,6-7,12-13,15H2,2-4H3. The van der Waals surface area contributed by atoms with Crippen LogP contribution in [0, 0.1) is 18.2 Å². The minimum Gasteiger partial charge on any atom is -0.336 e. The molecule has 1 aliphatic rings. The molecule has 0 aliphatic carbocycles. The fraction of sp³-hybridized carbons (Fsp3) is 0.385. The molecule has 0 radical (unpaired) electrons. The van der Waals surface area contributed by atoms with Crippen molar-refractivity contribution in [3.05, 3.63) is 53.6 Å². The highest BCUT2D eigenvalue weighted by Gasteiger charge is 2.31. The Hall–Kier alpha value is -3.73. The molecule has 1 aliphatic heterocycles. The third-order valence-electron chi connectivity index (χ3n) is 6.15. The minimum atomic E-state index is -0.309. The van der Waals surface area contributed by atoms with Crippen molar-refractivity contribution in [1.29, 1.82) is 0 Å². The average molecular weight is 462 g/mol. The zero-order valence-corrected chi connectivity index (χ0v) is 19.7. The molecular formula is C26H28FN5O2. The molecule has 0 N–H and O–H groups in total. The number of piperazine rings is 1. The molecule has 176 valence electrons. The van der Waals surface area contributed by atoms with Gasteiger partial charge in [-0.3, -0.25) is 9.59 Å². The lowest BCUT2D eigenvalue weighted by molar-refractivity contribution is -0.135. The largest absolute Gasteiger partial charge is 0.336 e. The molecule has 1 saturated heterocycles. The maximum absolute atomic E-state index is 13.4. The summed E-state index contributed by atoms with van der Waals surface area (Å²) < 4.78 is 15.0. The second-order valence-corrected chi connectivity index (χ2v) is 8.93. The number of halogens is 1. The van der Waals surface area contributed by atoms with E-state index in [2.05, 4.69) is 29.9 Å². The number of rotatable bonds is 5. The second kappa shape index (κ2) is 9.64. The summed E-state index contributed by atoms with van der Waals surface area (Å²) in [7, 11) is 0. The number of hydrogen-bond acceptors (Lipinski definition) is 4. The Morgan fingerprint density at radius 2 is 1.97 bits per heavy atom. The molecule has 7 nitrogen and oxygen atoms in total. The van der Waals surface area contributed by atoms with E-state index in [4.69, 9.17) is 6.42 Å². The first-order valence-corrected chi connectivity index (χ1v) is 11.5. The number of imidazole rings is 1. The normalized spacial score (nSPS) is 16.2. The summed E-state index contributed by atoms with van der Waals surface area (Å²) in [6.07, 6.45) is 7.65. The van der Waals surface area contributed by atoms with E-state index in [1.807, 2.05) is 13.0 Å². The maximum Gasteiger partial charge on any atom is 0.274 e. The maximum atomic E-state index is 13.4. The third kappa shape index (κ3) is 4.65. The molecule has 0 bridgehead atoms. The van der Waals surface area contributed by atoms with Crippen LogP contribution in [0.25, 0.3) is 16.9 Å². The van der Waals surface area contributed by atoms with Crippen LogP contribution in [0.1, 0.15) is 55.6 Å². The molecular weight excluding hydrogens is 433 g/mol. The average Bonchev–Trinajstić information content (AvgIpc) is 3.25. The van der Waals surface area contributed by atoms with E-state index >= 15 is 0 Å². The Morgan fingerprint density at radius 3 is 2.62 bits per heavy atom. The predicted octanol–water partition coefficient (Wildman–Crippen LogP) is 3.75. The fourth-order valence-corrected chi connectivity index (χ4v) is 4.29. The Morgan fingerprint density at radius 1 is 1.24 bits per heavy atom. The number of benzene rings is 1. The molecule has 2 amide bonds. The van der Waals surface area contributed by atoms with Crippen LogP contribution < -0.4 is 0 Å². The molecule has 1 fully saturated rings. The van der Waals surface area contributed by atoms with Gasteiger partial charge in [-0.15, -0.1) is 12.3 Å². The van der Waals surface area contributed by atoms with Crippen LogP contribution in [0.3, 0.4) is 0 Å². The number of aromatic nitrogens is 3. The number of nitrogens with zero attached hydrogens (tertiary/aromatic N) is 5. The highest BCUT2D eigenvalue weighted by atomic mass is 19.1. The summed E-state index contributed by atoms with van der Waals surface area (Å²) in [6.45, 7) is 7.37. The topological polar surface area (TPSA) is 70.8 Å². The van der Waals surface area contributed by atoms with E-state index in [-0.39, 0.29) is 29.6 Å². The van der Waals surface area contributed by atoms with E-state index in [1.54, 1.807) is 32.6 Å². The SMILES string of the molecule is C#CCCC(=O)N1CCN(C(=O)c2cn3nc(-c4ccc(F)cc4)cc(C(C)C)c3n2)CC1C. The number of fused-ring (bicyclic) bond motifs is 1. The predicted molar refractivity (Wildman–Crippen MR) is 128 cm³/mol. The van der Waals surface area contributed by atoms with E-state index in [0.29, 0.717) is 49.5 Å². The third-order valence-corrected chi connectivity index (χ3v) is 6.15. The molecule has 1 aromatic carbocycles. The molecule has 34 heavy (non-hydrogen) atoms. The zero-order valence-electron chi connectivity index (χ0n) is 19.7. The van der Waals surface area contributed by atoms with Gasteiger partial charge in [0.2, 0.25) is 5.91 Å². The van der Waals surface area contributed by atoms with Gasteiger partial charge >= 0.3 is 0 Å². The summed E-state index contributed by atoms with van der Waals surface area (Å²) in [5, 5.41) is 4.64. The Balaban J connectivity index is 1.59. The van der Waals surface area contributed by atoms with E-state index < -0.39 is 0 Å². The van der Waals surface area contributed by atoms with Crippen LogP contribution in [-0.2, 0) is 4.79 Å². The smallest absolute Gasteiger partial charge is 0.274 e. The van der Waals surface area contributed by atoms with Crippen LogP contribution in [-0.4, -0.2) is 61.9 Å². The van der Waals surface area contributed by atoms with Gasteiger partial charge in [0, 0.05) is 49.6 Å². The second-order valence-electron chi connectivity index (χ2n) is 8.93. The summed E-state index contributed by atoms with van der Waals surface area (Å²) in [5.74, 6) is 2.16. The molecule has 8 heteroatoms. The number of carbonyl (C=O) groups excluding carboxylic acids is 2. The highest BCUT2D eigenvalue weighted by Crippen LogP contribution is 2.26. The van der Waals surface area contributed by atoms with E-state index in [9.17, 15) is 14.0 Å². The van der Waals surface area contributed by atoms with Gasteiger partial charge in [-0.25, -0.2) is 13.9 Å². The van der Waals surface area contributed by atoms with Gasteiger partial charge in [0.05, 0.1) is 11.9 Å². The van der Waals surface area contributed by atoms with Crippen LogP contribution in [0.2, 0.25) is 0 Å². The first-order chi connectivity index (χ1) is 16.3. The first kappa shape index (κ1) is 23.4. The number of carbonyl (C=O) groups is 2. The number of terminal acetylenes is 1. The fourth-order valence-electron chi connectivity index (χ4n) is 4.29. The monoisotopic (exact) mass is 461 g/mol. The first-order valence-electron chi connectivity index (χ1n) is 11.5. The van der Waals surface area contributed by atoms with E-state index in [1.165, 1.54) is 12.1 Å². The highest BCUT2D eigenvalue weighted by molar-refractivity contribution is 5.93. The van der Waals surface area contributed by atoms with Crippen molar-refractivity contribution in [2.45, 2.75) is 45.6 Å². The quantitative estimate of drug-likeness (QED) is 0.543. The van der Waals surface area contributed by atoms with Gasteiger partial charge in [0.15, 0.2) is 5.65 Å². The van der Waals surface area contributed by atoms with Gasteiger partial charge in [-0.1, -0.05) is 13.8 Å². The summed E-state index contributed by atoms with van der Waals surface area (Å²) in [5.41, 5.74) is 3.35. The van der Waals surface area contributed by atoms with Crippen LogP contribution in [0.15, 0.2) is 36.5 Å². The van der Waals surface area contributed by atoms with Gasteiger partial charge in [-0.05, 0) is 43.2 Å².